The van der Waals surface area contributed by atoms with Crippen molar-refractivity contribution in [1.29, 1.82) is 0 Å². The number of amides is 1. The van der Waals surface area contributed by atoms with Crippen LogP contribution in [0.5, 0.6) is 11.5 Å². The second kappa shape index (κ2) is 8.81. The Kier molecular flexibility index (Phi) is 5.94. The highest BCUT2D eigenvalue weighted by Gasteiger charge is 2.23. The highest BCUT2D eigenvalue weighted by Crippen LogP contribution is 2.35. The van der Waals surface area contributed by atoms with Crippen molar-refractivity contribution in [1.82, 2.24) is 9.97 Å². The number of anilines is 1. The van der Waals surface area contributed by atoms with E-state index in [-0.39, 0.29) is 18.2 Å². The Morgan fingerprint density at radius 1 is 1.23 bits per heavy atom. The number of ether oxygens (including phenoxy) is 3. The zero-order valence-electron chi connectivity index (χ0n) is 17.5. The van der Waals surface area contributed by atoms with Gasteiger partial charge in [0, 0.05) is 23.1 Å². The number of hydrogen-bond donors (Lipinski definition) is 2. The molecule has 0 radical (unpaired) electrons. The Morgan fingerprint density at radius 2 is 2.00 bits per heavy atom. The van der Waals surface area contributed by atoms with E-state index in [0.717, 1.165) is 23.4 Å². The van der Waals surface area contributed by atoms with Crippen LogP contribution < -0.4 is 14.8 Å². The minimum Gasteiger partial charge on any atom is -0.490 e. The number of thiazole rings is 1. The largest absolute Gasteiger partial charge is 0.490 e. The van der Waals surface area contributed by atoms with E-state index in [2.05, 4.69) is 15.3 Å². The van der Waals surface area contributed by atoms with E-state index in [1.54, 1.807) is 20.8 Å². The molecule has 4 rings (SSSR count). The zero-order chi connectivity index (χ0) is 22.0. The summed E-state index contributed by atoms with van der Waals surface area (Å²) in [6, 6.07) is 5.69. The topological polar surface area (TPSA) is 103 Å². The van der Waals surface area contributed by atoms with Gasteiger partial charge in [0.15, 0.2) is 16.6 Å². The maximum absolute atomic E-state index is 12.9. The van der Waals surface area contributed by atoms with Crippen molar-refractivity contribution in [2.75, 3.05) is 25.1 Å². The highest BCUT2D eigenvalue weighted by molar-refractivity contribution is 7.14. The third-order valence-electron chi connectivity index (χ3n) is 4.91. The molecular weight excluding hydrogens is 418 g/mol. The molecule has 0 saturated carbocycles. The molecule has 0 atom stereocenters. The molecule has 2 aromatic heterocycles. The predicted octanol–water partition coefficient (Wildman–Crippen LogP) is 4.35. The summed E-state index contributed by atoms with van der Waals surface area (Å²) in [6.45, 7) is 6.71. The van der Waals surface area contributed by atoms with Gasteiger partial charge in [-0.3, -0.25) is 10.1 Å². The molecule has 1 aliphatic heterocycles. The van der Waals surface area contributed by atoms with Gasteiger partial charge in [0.05, 0.1) is 31.1 Å². The number of rotatable bonds is 5. The minimum atomic E-state index is -0.479. The molecule has 1 amide bonds. The SMILES string of the molecule is CCOC(=O)c1[nH]c(C)c(C(=O)Nc2nc(-c3ccc4c(c3)OCCCO4)cs2)c1C. The van der Waals surface area contributed by atoms with Crippen LogP contribution in [0.25, 0.3) is 11.3 Å². The van der Waals surface area contributed by atoms with Crippen LogP contribution in [-0.4, -0.2) is 41.7 Å². The maximum atomic E-state index is 12.9. The summed E-state index contributed by atoms with van der Waals surface area (Å²) >= 11 is 1.32. The third-order valence-corrected chi connectivity index (χ3v) is 5.67. The number of carbonyl (C=O) groups excluding carboxylic acids is 2. The van der Waals surface area contributed by atoms with Gasteiger partial charge >= 0.3 is 5.97 Å². The normalized spacial score (nSPS) is 12.9. The van der Waals surface area contributed by atoms with Crippen molar-refractivity contribution in [3.05, 3.63) is 46.1 Å². The van der Waals surface area contributed by atoms with Crippen molar-refractivity contribution in [3.8, 4) is 22.8 Å². The van der Waals surface area contributed by atoms with E-state index >= 15 is 0 Å². The Balaban J connectivity index is 1.53. The van der Waals surface area contributed by atoms with Gasteiger partial charge in [-0.1, -0.05) is 0 Å². The Morgan fingerprint density at radius 3 is 2.77 bits per heavy atom. The Labute approximate surface area is 183 Å². The molecule has 0 bridgehead atoms. The summed E-state index contributed by atoms with van der Waals surface area (Å²) in [4.78, 5) is 32.4. The monoisotopic (exact) mass is 441 g/mol. The molecule has 0 aliphatic carbocycles. The number of nitrogens with zero attached hydrogens (tertiary/aromatic N) is 1. The fourth-order valence-electron chi connectivity index (χ4n) is 3.44. The smallest absolute Gasteiger partial charge is 0.355 e. The van der Waals surface area contributed by atoms with Gasteiger partial charge in [-0.05, 0) is 44.5 Å². The first-order valence-electron chi connectivity index (χ1n) is 10.0. The average Bonchev–Trinajstić information content (AvgIpc) is 3.23. The molecule has 0 spiro atoms. The lowest BCUT2D eigenvalue weighted by molar-refractivity contribution is 0.0519. The molecular formula is C22H23N3O5S. The number of carbonyl (C=O) groups is 2. The van der Waals surface area contributed by atoms with Gasteiger partial charge < -0.3 is 19.2 Å². The number of nitrogens with one attached hydrogen (secondary N) is 2. The number of aryl methyl sites for hydroxylation is 1. The maximum Gasteiger partial charge on any atom is 0.355 e. The summed E-state index contributed by atoms with van der Waals surface area (Å²) in [5.74, 6) is 0.605. The lowest BCUT2D eigenvalue weighted by Crippen LogP contribution is -2.14. The lowest BCUT2D eigenvalue weighted by Gasteiger charge is -2.08. The number of H-pyrrole nitrogens is 1. The molecule has 0 unspecified atom stereocenters. The number of fused-ring (bicyclic) bond motifs is 1. The summed E-state index contributed by atoms with van der Waals surface area (Å²) in [5, 5.41) is 5.16. The third kappa shape index (κ3) is 4.27. The zero-order valence-corrected chi connectivity index (χ0v) is 18.4. The van der Waals surface area contributed by atoms with Crippen LogP contribution >= 0.6 is 11.3 Å². The molecule has 3 heterocycles. The molecule has 1 aliphatic rings. The summed E-state index contributed by atoms with van der Waals surface area (Å²) in [6.07, 6.45) is 0.840. The molecule has 8 nitrogen and oxygen atoms in total. The van der Waals surface area contributed by atoms with Crippen LogP contribution in [-0.2, 0) is 4.74 Å². The van der Waals surface area contributed by atoms with Crippen LogP contribution in [0.1, 0.15) is 45.4 Å². The molecule has 3 aromatic rings. The van der Waals surface area contributed by atoms with Gasteiger partial charge in [0.25, 0.3) is 5.91 Å². The van der Waals surface area contributed by atoms with Crippen LogP contribution in [0.2, 0.25) is 0 Å². The van der Waals surface area contributed by atoms with Crippen LogP contribution in [0, 0.1) is 13.8 Å². The van der Waals surface area contributed by atoms with Gasteiger partial charge in [0.1, 0.15) is 5.69 Å². The molecule has 162 valence electrons. The van der Waals surface area contributed by atoms with Gasteiger partial charge in [-0.15, -0.1) is 11.3 Å². The van der Waals surface area contributed by atoms with Crippen LogP contribution in [0.3, 0.4) is 0 Å². The molecule has 0 saturated heterocycles. The van der Waals surface area contributed by atoms with E-state index in [0.29, 0.717) is 40.9 Å². The second-order valence-corrected chi connectivity index (χ2v) is 7.91. The van der Waals surface area contributed by atoms with Gasteiger partial charge in [-0.25, -0.2) is 9.78 Å². The Hall–Kier alpha value is -3.33. The minimum absolute atomic E-state index is 0.264. The average molecular weight is 442 g/mol. The summed E-state index contributed by atoms with van der Waals surface area (Å²) in [7, 11) is 0. The first-order valence-corrected chi connectivity index (χ1v) is 10.9. The number of aromatic nitrogens is 2. The molecule has 2 N–H and O–H groups in total. The van der Waals surface area contributed by atoms with Crippen molar-refractivity contribution in [2.24, 2.45) is 0 Å². The van der Waals surface area contributed by atoms with Crippen molar-refractivity contribution in [2.45, 2.75) is 27.2 Å². The van der Waals surface area contributed by atoms with Crippen molar-refractivity contribution < 1.29 is 23.8 Å². The number of esters is 1. The number of hydrogen-bond acceptors (Lipinski definition) is 7. The lowest BCUT2D eigenvalue weighted by atomic mass is 10.1. The second-order valence-electron chi connectivity index (χ2n) is 7.05. The first kappa shape index (κ1) is 20.9. The summed E-state index contributed by atoms with van der Waals surface area (Å²) < 4.78 is 16.5. The van der Waals surface area contributed by atoms with E-state index < -0.39 is 5.97 Å². The molecule has 0 fully saturated rings. The van der Waals surface area contributed by atoms with E-state index in [9.17, 15) is 9.59 Å². The fraction of sp³-hybridized carbons (Fsp3) is 0.318. The van der Waals surface area contributed by atoms with Crippen molar-refractivity contribution in [3.63, 3.8) is 0 Å². The van der Waals surface area contributed by atoms with E-state index in [1.165, 1.54) is 11.3 Å². The molecule has 31 heavy (non-hydrogen) atoms. The highest BCUT2D eigenvalue weighted by atomic mass is 32.1. The van der Waals surface area contributed by atoms with Gasteiger partial charge in [0.2, 0.25) is 0 Å². The van der Waals surface area contributed by atoms with Gasteiger partial charge in [-0.2, -0.15) is 0 Å². The Bertz CT molecular complexity index is 1130. The number of aromatic amines is 1. The van der Waals surface area contributed by atoms with Crippen molar-refractivity contribution >= 4 is 28.3 Å². The molecule has 1 aromatic carbocycles. The van der Waals surface area contributed by atoms with E-state index in [4.69, 9.17) is 14.2 Å². The van der Waals surface area contributed by atoms with E-state index in [1.807, 2.05) is 23.6 Å². The standard InChI is InChI=1S/C22H23N3O5S/c1-4-28-21(27)19-12(2)18(13(3)23-19)20(26)25-22-24-15(11-31-22)14-6-7-16-17(10-14)30-9-5-8-29-16/h6-7,10-11,23H,4-5,8-9H2,1-3H3,(H,24,25,26). The van der Waals surface area contributed by atoms with Crippen LogP contribution in [0.15, 0.2) is 23.6 Å². The number of benzene rings is 1. The fourth-order valence-corrected chi connectivity index (χ4v) is 4.16. The predicted molar refractivity (Wildman–Crippen MR) is 117 cm³/mol. The van der Waals surface area contributed by atoms with Crippen LogP contribution in [0.4, 0.5) is 5.13 Å². The first-order chi connectivity index (χ1) is 15.0. The quantitative estimate of drug-likeness (QED) is 0.571. The summed E-state index contributed by atoms with van der Waals surface area (Å²) in [5.41, 5.74) is 3.45. The molecule has 9 heteroatoms.